The zero-order chi connectivity index (χ0) is 15.5. The summed E-state index contributed by atoms with van der Waals surface area (Å²) in [7, 11) is 1.95. The number of nitrogens with one attached hydrogen (secondary N) is 1. The zero-order valence-corrected chi connectivity index (χ0v) is 13.7. The van der Waals surface area contributed by atoms with Crippen molar-refractivity contribution in [1.29, 1.82) is 0 Å². The molecule has 0 saturated heterocycles. The second-order valence-corrected chi connectivity index (χ2v) is 6.40. The van der Waals surface area contributed by atoms with Crippen LogP contribution in [0.2, 0.25) is 0 Å². The molecule has 0 aromatic heterocycles. The van der Waals surface area contributed by atoms with Crippen LogP contribution in [0.1, 0.15) is 56.7 Å². The number of hydrogen-bond donors (Lipinski definition) is 1. The van der Waals surface area contributed by atoms with Gasteiger partial charge in [-0.1, -0.05) is 13.0 Å². The Bertz CT molecular complexity index is 466. The Balaban J connectivity index is 2.38. The summed E-state index contributed by atoms with van der Waals surface area (Å²) in [4.78, 5) is 0. The van der Waals surface area contributed by atoms with Crippen molar-refractivity contribution < 1.29 is 9.13 Å². The van der Waals surface area contributed by atoms with E-state index in [4.69, 9.17) is 4.74 Å². The summed E-state index contributed by atoms with van der Waals surface area (Å²) in [5.41, 5.74) is 1.93. The highest BCUT2D eigenvalue weighted by Gasteiger charge is 2.42. The SMILES string of the molecule is CCOC1(C(NC)c2cc(F)ccc2C)CCC(C)CC1. The lowest BCUT2D eigenvalue weighted by molar-refractivity contribution is -0.0963. The van der Waals surface area contributed by atoms with Crippen molar-refractivity contribution in [3.63, 3.8) is 0 Å². The van der Waals surface area contributed by atoms with Crippen molar-refractivity contribution >= 4 is 0 Å². The molecule has 0 heterocycles. The predicted molar refractivity (Wildman–Crippen MR) is 84.9 cm³/mol. The molecule has 1 fully saturated rings. The van der Waals surface area contributed by atoms with Gasteiger partial charge in [0.2, 0.25) is 0 Å². The molecule has 1 aromatic carbocycles. The maximum Gasteiger partial charge on any atom is 0.123 e. The molecule has 21 heavy (non-hydrogen) atoms. The highest BCUT2D eigenvalue weighted by Crippen LogP contribution is 2.43. The van der Waals surface area contributed by atoms with E-state index in [0.717, 1.165) is 29.9 Å². The third kappa shape index (κ3) is 3.46. The van der Waals surface area contributed by atoms with Crippen molar-refractivity contribution in [2.45, 2.75) is 58.1 Å². The van der Waals surface area contributed by atoms with Crippen LogP contribution in [-0.4, -0.2) is 19.3 Å². The maximum absolute atomic E-state index is 13.7. The summed E-state index contributed by atoms with van der Waals surface area (Å²) >= 11 is 0. The topological polar surface area (TPSA) is 21.3 Å². The summed E-state index contributed by atoms with van der Waals surface area (Å²) in [6, 6.07) is 5.10. The first-order valence-electron chi connectivity index (χ1n) is 8.09. The second-order valence-electron chi connectivity index (χ2n) is 6.40. The Hall–Kier alpha value is -0.930. The van der Waals surface area contributed by atoms with E-state index < -0.39 is 0 Å². The van der Waals surface area contributed by atoms with Crippen LogP contribution in [0.3, 0.4) is 0 Å². The molecule has 1 atom stereocenters. The van der Waals surface area contributed by atoms with E-state index in [-0.39, 0.29) is 17.5 Å². The fourth-order valence-electron chi connectivity index (χ4n) is 3.68. The fourth-order valence-corrected chi connectivity index (χ4v) is 3.68. The van der Waals surface area contributed by atoms with Gasteiger partial charge in [0.05, 0.1) is 11.6 Å². The van der Waals surface area contributed by atoms with Crippen LogP contribution in [0.25, 0.3) is 0 Å². The molecule has 1 aliphatic rings. The molecule has 0 spiro atoms. The summed E-state index contributed by atoms with van der Waals surface area (Å²) in [6.07, 6.45) is 4.41. The molecule has 1 saturated carbocycles. The molecule has 1 aliphatic carbocycles. The predicted octanol–water partition coefficient (Wildman–Crippen LogP) is 4.38. The van der Waals surface area contributed by atoms with Crippen LogP contribution in [-0.2, 0) is 4.74 Å². The minimum absolute atomic E-state index is 0.0423. The molecule has 0 aliphatic heterocycles. The molecule has 1 N–H and O–H groups in total. The Kier molecular flexibility index (Phi) is 5.39. The molecule has 118 valence electrons. The highest BCUT2D eigenvalue weighted by atomic mass is 19.1. The largest absolute Gasteiger partial charge is 0.373 e. The molecule has 0 bridgehead atoms. The first kappa shape index (κ1) is 16.4. The summed E-state index contributed by atoms with van der Waals surface area (Å²) in [5.74, 6) is 0.580. The van der Waals surface area contributed by atoms with Gasteiger partial charge < -0.3 is 10.1 Å². The Labute approximate surface area is 128 Å². The number of ether oxygens (including phenoxy) is 1. The average Bonchev–Trinajstić information content (AvgIpc) is 2.47. The van der Waals surface area contributed by atoms with E-state index >= 15 is 0 Å². The summed E-state index contributed by atoms with van der Waals surface area (Å²) in [6.45, 7) is 7.09. The van der Waals surface area contributed by atoms with Crippen LogP contribution in [0.4, 0.5) is 4.39 Å². The third-order valence-electron chi connectivity index (χ3n) is 4.92. The molecule has 1 aromatic rings. The Morgan fingerprint density at radius 3 is 2.62 bits per heavy atom. The van der Waals surface area contributed by atoms with Gasteiger partial charge in [-0.2, -0.15) is 0 Å². The smallest absolute Gasteiger partial charge is 0.123 e. The number of likely N-dealkylation sites (N-methyl/N-ethyl adjacent to an activating group) is 1. The van der Waals surface area contributed by atoms with E-state index in [2.05, 4.69) is 12.2 Å². The van der Waals surface area contributed by atoms with Crippen molar-refractivity contribution in [3.8, 4) is 0 Å². The molecular weight excluding hydrogens is 265 g/mol. The molecular formula is C18H28FNO. The van der Waals surface area contributed by atoms with Crippen LogP contribution >= 0.6 is 0 Å². The average molecular weight is 293 g/mol. The van der Waals surface area contributed by atoms with E-state index in [0.29, 0.717) is 6.61 Å². The molecule has 1 unspecified atom stereocenters. The van der Waals surface area contributed by atoms with Gasteiger partial charge in [-0.3, -0.25) is 0 Å². The monoisotopic (exact) mass is 293 g/mol. The quantitative estimate of drug-likeness (QED) is 0.870. The number of rotatable bonds is 5. The van der Waals surface area contributed by atoms with Crippen molar-refractivity contribution in [2.24, 2.45) is 5.92 Å². The Morgan fingerprint density at radius 1 is 1.38 bits per heavy atom. The lowest BCUT2D eigenvalue weighted by Crippen LogP contribution is -2.48. The number of hydrogen-bond acceptors (Lipinski definition) is 2. The van der Waals surface area contributed by atoms with Gasteiger partial charge in [-0.25, -0.2) is 4.39 Å². The number of benzene rings is 1. The second kappa shape index (κ2) is 6.89. The first-order valence-corrected chi connectivity index (χ1v) is 8.09. The van der Waals surface area contributed by atoms with Crippen molar-refractivity contribution in [1.82, 2.24) is 5.32 Å². The van der Waals surface area contributed by atoms with Gasteiger partial charge >= 0.3 is 0 Å². The first-order chi connectivity index (χ1) is 10.0. The van der Waals surface area contributed by atoms with Gasteiger partial charge in [0.1, 0.15) is 5.82 Å². The zero-order valence-electron chi connectivity index (χ0n) is 13.7. The lowest BCUT2D eigenvalue weighted by Gasteiger charge is -2.45. The lowest BCUT2D eigenvalue weighted by atomic mass is 9.73. The summed E-state index contributed by atoms with van der Waals surface area (Å²) in [5, 5.41) is 3.40. The number of halogens is 1. The molecule has 2 nitrogen and oxygen atoms in total. The van der Waals surface area contributed by atoms with Gasteiger partial charge in [-0.05, 0) is 75.8 Å². The third-order valence-corrected chi connectivity index (χ3v) is 4.92. The maximum atomic E-state index is 13.7. The molecule has 0 radical (unpaired) electrons. The van der Waals surface area contributed by atoms with Crippen LogP contribution in [0, 0.1) is 18.7 Å². The van der Waals surface area contributed by atoms with Crippen LogP contribution in [0.15, 0.2) is 18.2 Å². The van der Waals surface area contributed by atoms with Crippen molar-refractivity contribution in [3.05, 3.63) is 35.1 Å². The van der Waals surface area contributed by atoms with E-state index in [9.17, 15) is 4.39 Å². The standard InChI is InChI=1S/C18H28FNO/c1-5-21-18(10-8-13(2)9-11-18)17(20-4)16-12-15(19)7-6-14(16)3/h6-7,12-13,17,20H,5,8-11H2,1-4H3. The van der Waals surface area contributed by atoms with E-state index in [1.54, 1.807) is 6.07 Å². The van der Waals surface area contributed by atoms with Gasteiger partial charge in [0, 0.05) is 6.61 Å². The van der Waals surface area contributed by atoms with Gasteiger partial charge in [0.25, 0.3) is 0 Å². The van der Waals surface area contributed by atoms with E-state index in [1.807, 2.05) is 27.0 Å². The molecule has 3 heteroatoms. The van der Waals surface area contributed by atoms with Crippen molar-refractivity contribution in [2.75, 3.05) is 13.7 Å². The van der Waals surface area contributed by atoms with Gasteiger partial charge in [-0.15, -0.1) is 0 Å². The van der Waals surface area contributed by atoms with Crippen LogP contribution in [0.5, 0.6) is 0 Å². The number of aryl methyl sites for hydroxylation is 1. The minimum Gasteiger partial charge on any atom is -0.373 e. The van der Waals surface area contributed by atoms with E-state index in [1.165, 1.54) is 18.9 Å². The fraction of sp³-hybridized carbons (Fsp3) is 0.667. The summed E-state index contributed by atoms with van der Waals surface area (Å²) < 4.78 is 20.0. The minimum atomic E-state index is -0.214. The molecule has 0 amide bonds. The van der Waals surface area contributed by atoms with Gasteiger partial charge in [0.15, 0.2) is 0 Å². The normalized spacial score (nSPS) is 27.6. The van der Waals surface area contributed by atoms with Crippen LogP contribution < -0.4 is 5.32 Å². The highest BCUT2D eigenvalue weighted by molar-refractivity contribution is 5.32. The Morgan fingerprint density at radius 2 is 2.05 bits per heavy atom. The molecule has 2 rings (SSSR count).